The lowest BCUT2D eigenvalue weighted by Crippen LogP contribution is -2.12. The number of ether oxygens (including phenoxy) is 5. The fourth-order valence-electron chi connectivity index (χ4n) is 1.55. The third kappa shape index (κ3) is 7.33. The van der Waals surface area contributed by atoms with Crippen molar-refractivity contribution in [3.8, 4) is 0 Å². The maximum Gasteiger partial charge on any atom is 0.160 e. The molecule has 0 amide bonds. The average Bonchev–Trinajstić information content (AvgIpc) is 2.47. The number of rotatable bonds is 2. The number of allylic oxidation sites excluding steroid dienone is 3. The zero-order valence-electron chi connectivity index (χ0n) is 12.1. The van der Waals surface area contributed by atoms with Gasteiger partial charge in [0.05, 0.1) is 39.6 Å². The summed E-state index contributed by atoms with van der Waals surface area (Å²) in [6, 6.07) is 0. The highest BCUT2D eigenvalue weighted by Gasteiger charge is 2.05. The third-order valence-corrected chi connectivity index (χ3v) is 2.46. The Kier molecular flexibility index (Phi) is 9.65. The minimum absolute atomic E-state index is 0.447. The van der Waals surface area contributed by atoms with Gasteiger partial charge in [-0.2, -0.15) is 0 Å². The van der Waals surface area contributed by atoms with Crippen LogP contribution in [0.3, 0.4) is 0 Å². The largest absolute Gasteiger partial charge is 0.487 e. The lowest BCUT2D eigenvalue weighted by molar-refractivity contribution is 0.00259. The summed E-state index contributed by atoms with van der Waals surface area (Å²) in [5.41, 5.74) is 0. The molecule has 114 valence electrons. The van der Waals surface area contributed by atoms with Crippen LogP contribution < -0.4 is 0 Å². The highest BCUT2D eigenvalue weighted by atomic mass is 16.6. The van der Waals surface area contributed by atoms with E-state index in [1.807, 2.05) is 19.1 Å². The minimum atomic E-state index is 0.447. The smallest absolute Gasteiger partial charge is 0.160 e. The molecule has 1 rings (SSSR count). The van der Waals surface area contributed by atoms with Crippen molar-refractivity contribution in [2.45, 2.75) is 6.92 Å². The van der Waals surface area contributed by atoms with Crippen LogP contribution in [0.5, 0.6) is 0 Å². The predicted octanol–water partition coefficient (Wildman–Crippen LogP) is 2.06. The third-order valence-electron chi connectivity index (χ3n) is 2.46. The van der Waals surface area contributed by atoms with Gasteiger partial charge in [0.15, 0.2) is 11.5 Å². The molecule has 1 aliphatic heterocycles. The van der Waals surface area contributed by atoms with Gasteiger partial charge in [0.25, 0.3) is 0 Å². The Morgan fingerprint density at radius 1 is 0.750 bits per heavy atom. The van der Waals surface area contributed by atoms with Crippen LogP contribution in [0.25, 0.3) is 0 Å². The molecule has 1 aliphatic rings. The zero-order valence-corrected chi connectivity index (χ0v) is 12.1. The van der Waals surface area contributed by atoms with Crippen molar-refractivity contribution in [1.82, 2.24) is 0 Å². The Hall–Kier alpha value is -1.30. The quantitative estimate of drug-likeness (QED) is 0.776. The first-order valence-corrected chi connectivity index (χ1v) is 6.86. The molecule has 5 nitrogen and oxygen atoms in total. The second-order valence-corrected chi connectivity index (χ2v) is 3.97. The fraction of sp³-hybridized carbons (Fsp3) is 0.600. The molecule has 20 heavy (non-hydrogen) atoms. The highest BCUT2D eigenvalue weighted by Crippen LogP contribution is 2.11. The molecule has 0 saturated carbocycles. The van der Waals surface area contributed by atoms with Gasteiger partial charge < -0.3 is 23.7 Å². The summed E-state index contributed by atoms with van der Waals surface area (Å²) in [7, 11) is 0. The van der Waals surface area contributed by atoms with Crippen LogP contribution in [-0.2, 0) is 23.7 Å². The van der Waals surface area contributed by atoms with E-state index in [0.29, 0.717) is 64.4 Å². The van der Waals surface area contributed by atoms with Crippen molar-refractivity contribution in [2.75, 3.05) is 52.9 Å². The van der Waals surface area contributed by atoms with Crippen LogP contribution in [0.4, 0.5) is 0 Å². The van der Waals surface area contributed by atoms with E-state index in [9.17, 15) is 0 Å². The van der Waals surface area contributed by atoms with Crippen molar-refractivity contribution in [3.63, 3.8) is 0 Å². The summed E-state index contributed by atoms with van der Waals surface area (Å²) < 4.78 is 27.4. The number of hydrogen-bond donors (Lipinski definition) is 0. The normalized spacial score (nSPS) is 24.2. The van der Waals surface area contributed by atoms with Crippen molar-refractivity contribution >= 4 is 0 Å². The first-order chi connectivity index (χ1) is 9.88. The maximum atomic E-state index is 5.65. The van der Waals surface area contributed by atoms with Gasteiger partial charge in [-0.25, -0.2) is 0 Å². The van der Waals surface area contributed by atoms with Gasteiger partial charge in [0.2, 0.25) is 0 Å². The van der Waals surface area contributed by atoms with Crippen LogP contribution in [0.15, 0.2) is 36.3 Å². The second kappa shape index (κ2) is 11.5. The molecular formula is C15H24O5. The fourth-order valence-corrected chi connectivity index (χ4v) is 1.55. The Balaban J connectivity index is 2.59. The van der Waals surface area contributed by atoms with Crippen molar-refractivity contribution in [3.05, 3.63) is 36.3 Å². The standard InChI is InChI=1S/C15H24O5/c1-3-5-15-14(4-2)19-12-10-17-8-6-16-7-9-18-11-13-20-15/h3-5H,2,6-13H2,1H3/b5-3+,15-14-. The van der Waals surface area contributed by atoms with E-state index in [1.165, 1.54) is 0 Å². The van der Waals surface area contributed by atoms with Crippen LogP contribution in [0.1, 0.15) is 6.92 Å². The molecule has 0 radical (unpaired) electrons. The van der Waals surface area contributed by atoms with E-state index < -0.39 is 0 Å². The first-order valence-electron chi connectivity index (χ1n) is 6.86. The summed E-state index contributed by atoms with van der Waals surface area (Å²) in [5, 5.41) is 0. The van der Waals surface area contributed by atoms with Gasteiger partial charge in [-0.15, -0.1) is 0 Å². The van der Waals surface area contributed by atoms with E-state index in [-0.39, 0.29) is 0 Å². The topological polar surface area (TPSA) is 46.2 Å². The molecule has 0 aliphatic carbocycles. The molecule has 0 aromatic heterocycles. The van der Waals surface area contributed by atoms with E-state index in [2.05, 4.69) is 6.58 Å². The number of hydrogen-bond acceptors (Lipinski definition) is 5. The van der Waals surface area contributed by atoms with E-state index in [1.54, 1.807) is 6.08 Å². The van der Waals surface area contributed by atoms with Crippen LogP contribution in [0, 0.1) is 0 Å². The molecule has 0 N–H and O–H groups in total. The lowest BCUT2D eigenvalue weighted by atomic mass is 10.3. The molecule has 0 fully saturated rings. The Morgan fingerprint density at radius 2 is 1.20 bits per heavy atom. The summed E-state index contributed by atoms with van der Waals surface area (Å²) >= 11 is 0. The molecular weight excluding hydrogens is 260 g/mol. The zero-order chi connectivity index (χ0) is 14.5. The maximum absolute atomic E-state index is 5.65. The lowest BCUT2D eigenvalue weighted by Gasteiger charge is -2.12. The molecule has 0 saturated heterocycles. The van der Waals surface area contributed by atoms with Crippen LogP contribution in [-0.4, -0.2) is 52.9 Å². The van der Waals surface area contributed by atoms with Crippen LogP contribution >= 0.6 is 0 Å². The molecule has 0 aromatic carbocycles. The molecule has 1 heterocycles. The van der Waals surface area contributed by atoms with E-state index >= 15 is 0 Å². The van der Waals surface area contributed by atoms with Gasteiger partial charge in [0, 0.05) is 0 Å². The molecule has 0 aromatic rings. The second-order valence-electron chi connectivity index (χ2n) is 3.97. The summed E-state index contributed by atoms with van der Waals surface area (Å²) in [5.74, 6) is 1.26. The first kappa shape index (κ1) is 16.8. The van der Waals surface area contributed by atoms with Crippen molar-refractivity contribution in [2.24, 2.45) is 0 Å². The van der Waals surface area contributed by atoms with Gasteiger partial charge in [0.1, 0.15) is 13.2 Å². The van der Waals surface area contributed by atoms with Gasteiger partial charge in [-0.3, -0.25) is 0 Å². The molecule has 0 atom stereocenters. The van der Waals surface area contributed by atoms with Crippen molar-refractivity contribution < 1.29 is 23.7 Å². The summed E-state index contributed by atoms with van der Waals surface area (Å²) in [6.45, 7) is 9.80. The Bertz CT molecular complexity index is 322. The summed E-state index contributed by atoms with van der Waals surface area (Å²) in [6.07, 6.45) is 5.37. The average molecular weight is 284 g/mol. The molecule has 0 unspecified atom stereocenters. The molecule has 0 bridgehead atoms. The van der Waals surface area contributed by atoms with Gasteiger partial charge >= 0.3 is 0 Å². The van der Waals surface area contributed by atoms with Crippen LogP contribution in [0.2, 0.25) is 0 Å². The van der Waals surface area contributed by atoms with E-state index in [0.717, 1.165) is 0 Å². The Labute approximate surface area is 120 Å². The monoisotopic (exact) mass is 284 g/mol. The molecule has 5 heteroatoms. The summed E-state index contributed by atoms with van der Waals surface area (Å²) in [4.78, 5) is 0. The van der Waals surface area contributed by atoms with Gasteiger partial charge in [-0.05, 0) is 19.1 Å². The highest BCUT2D eigenvalue weighted by molar-refractivity contribution is 5.23. The van der Waals surface area contributed by atoms with Crippen molar-refractivity contribution in [1.29, 1.82) is 0 Å². The minimum Gasteiger partial charge on any atom is -0.487 e. The predicted molar refractivity (Wildman–Crippen MR) is 76.4 cm³/mol. The SMILES string of the molecule is C=C/C1=C(\C=C\C)OCCOCCOCCOCCO1. The van der Waals surface area contributed by atoms with E-state index in [4.69, 9.17) is 23.7 Å². The Morgan fingerprint density at radius 3 is 1.65 bits per heavy atom. The van der Waals surface area contributed by atoms with Gasteiger partial charge in [-0.1, -0.05) is 12.7 Å². The molecule has 0 spiro atoms.